The molecule has 3 heteroatoms. The second-order valence-electron chi connectivity index (χ2n) is 5.81. The van der Waals surface area contributed by atoms with E-state index in [-0.39, 0.29) is 18.0 Å². The summed E-state index contributed by atoms with van der Waals surface area (Å²) in [6, 6.07) is 6.18. The fourth-order valence-corrected chi connectivity index (χ4v) is 2.85. The Morgan fingerprint density at radius 2 is 1.95 bits per heavy atom. The van der Waals surface area contributed by atoms with Crippen molar-refractivity contribution in [1.29, 1.82) is 0 Å². The van der Waals surface area contributed by atoms with E-state index in [0.29, 0.717) is 6.10 Å². The van der Waals surface area contributed by atoms with E-state index < -0.39 is 0 Å². The van der Waals surface area contributed by atoms with Crippen LogP contribution in [0.4, 0.5) is 4.39 Å². The highest BCUT2D eigenvalue weighted by Crippen LogP contribution is 2.28. The Hall–Kier alpha value is -0.930. The summed E-state index contributed by atoms with van der Waals surface area (Å²) in [6.07, 6.45) is 5.08. The molecule has 0 heterocycles. The van der Waals surface area contributed by atoms with Gasteiger partial charge >= 0.3 is 0 Å². The predicted molar refractivity (Wildman–Crippen MR) is 75.3 cm³/mol. The van der Waals surface area contributed by atoms with Gasteiger partial charge in [0.05, 0.1) is 18.2 Å². The molecule has 0 spiro atoms. The van der Waals surface area contributed by atoms with Crippen molar-refractivity contribution in [3.63, 3.8) is 0 Å². The minimum atomic E-state index is -0.231. The Morgan fingerprint density at radius 3 is 2.58 bits per heavy atom. The minimum absolute atomic E-state index is 0.0410. The normalized spacial score (nSPS) is 26.9. The fourth-order valence-electron chi connectivity index (χ4n) is 2.85. The summed E-state index contributed by atoms with van der Waals surface area (Å²) in [5.74, 6) is 0.513. The molecule has 4 atom stereocenters. The van der Waals surface area contributed by atoms with Crippen LogP contribution in [-0.2, 0) is 4.74 Å². The monoisotopic (exact) mass is 265 g/mol. The molecule has 1 fully saturated rings. The van der Waals surface area contributed by atoms with E-state index in [4.69, 9.17) is 10.5 Å². The maximum atomic E-state index is 12.9. The SMILES string of the molecule is CC1CCCC(OC(C)C(N)c2ccc(F)cc2)C1. The van der Waals surface area contributed by atoms with Crippen LogP contribution in [0.3, 0.4) is 0 Å². The van der Waals surface area contributed by atoms with Gasteiger partial charge in [0.2, 0.25) is 0 Å². The molecule has 1 aliphatic rings. The minimum Gasteiger partial charge on any atom is -0.373 e. The second kappa shape index (κ2) is 6.49. The van der Waals surface area contributed by atoms with Gasteiger partial charge in [-0.15, -0.1) is 0 Å². The average molecular weight is 265 g/mol. The topological polar surface area (TPSA) is 35.2 Å². The molecule has 106 valence electrons. The summed E-state index contributed by atoms with van der Waals surface area (Å²) in [4.78, 5) is 0. The Morgan fingerprint density at radius 1 is 1.26 bits per heavy atom. The number of hydrogen-bond acceptors (Lipinski definition) is 2. The predicted octanol–water partition coefficient (Wildman–Crippen LogP) is 3.81. The van der Waals surface area contributed by atoms with E-state index in [1.54, 1.807) is 12.1 Å². The van der Waals surface area contributed by atoms with Crippen LogP contribution in [0.1, 0.15) is 51.1 Å². The van der Waals surface area contributed by atoms with Crippen LogP contribution in [0.2, 0.25) is 0 Å². The van der Waals surface area contributed by atoms with E-state index in [1.165, 1.54) is 25.0 Å². The van der Waals surface area contributed by atoms with Crippen molar-refractivity contribution in [2.75, 3.05) is 0 Å². The summed E-state index contributed by atoms with van der Waals surface area (Å²) in [5, 5.41) is 0. The van der Waals surface area contributed by atoms with Crippen molar-refractivity contribution in [1.82, 2.24) is 0 Å². The Labute approximate surface area is 115 Å². The van der Waals surface area contributed by atoms with Gasteiger partial charge in [0.1, 0.15) is 5.82 Å². The van der Waals surface area contributed by atoms with Crippen molar-refractivity contribution in [3.8, 4) is 0 Å². The van der Waals surface area contributed by atoms with E-state index >= 15 is 0 Å². The summed E-state index contributed by atoms with van der Waals surface area (Å²) >= 11 is 0. The lowest BCUT2D eigenvalue weighted by Gasteiger charge is -2.31. The lowest BCUT2D eigenvalue weighted by Crippen LogP contribution is -2.32. The summed E-state index contributed by atoms with van der Waals surface area (Å²) in [7, 11) is 0. The van der Waals surface area contributed by atoms with Gasteiger partial charge in [-0.2, -0.15) is 0 Å². The molecule has 2 N–H and O–H groups in total. The molecule has 0 radical (unpaired) electrons. The first-order chi connectivity index (χ1) is 9.06. The van der Waals surface area contributed by atoms with Gasteiger partial charge in [0.15, 0.2) is 0 Å². The number of benzene rings is 1. The molecule has 0 saturated heterocycles. The summed E-state index contributed by atoms with van der Waals surface area (Å²) in [5.41, 5.74) is 7.12. The first kappa shape index (κ1) is 14.5. The van der Waals surface area contributed by atoms with E-state index in [2.05, 4.69) is 6.92 Å². The summed E-state index contributed by atoms with van der Waals surface area (Å²) < 4.78 is 19.0. The number of rotatable bonds is 4. The first-order valence-corrected chi connectivity index (χ1v) is 7.22. The highest BCUT2D eigenvalue weighted by molar-refractivity contribution is 5.20. The molecule has 2 rings (SSSR count). The molecule has 4 unspecified atom stereocenters. The molecule has 1 aromatic rings. The second-order valence-corrected chi connectivity index (χ2v) is 5.81. The molecular formula is C16H24FNO. The van der Waals surface area contributed by atoms with Crippen LogP contribution in [0.15, 0.2) is 24.3 Å². The Kier molecular flexibility index (Phi) is 4.94. The lowest BCUT2D eigenvalue weighted by atomic mass is 9.88. The van der Waals surface area contributed by atoms with Gasteiger partial charge in [0, 0.05) is 0 Å². The van der Waals surface area contributed by atoms with E-state index in [9.17, 15) is 4.39 Å². The van der Waals surface area contributed by atoms with Gasteiger partial charge in [-0.1, -0.05) is 31.9 Å². The van der Waals surface area contributed by atoms with Crippen LogP contribution in [0, 0.1) is 11.7 Å². The molecule has 0 bridgehead atoms. The Balaban J connectivity index is 1.91. The number of halogens is 1. The van der Waals surface area contributed by atoms with Gasteiger partial charge < -0.3 is 10.5 Å². The van der Waals surface area contributed by atoms with Crippen molar-refractivity contribution < 1.29 is 9.13 Å². The van der Waals surface area contributed by atoms with E-state index in [0.717, 1.165) is 24.3 Å². The highest BCUT2D eigenvalue weighted by atomic mass is 19.1. The molecule has 19 heavy (non-hydrogen) atoms. The Bertz CT molecular complexity index is 392. The third kappa shape index (κ3) is 4.02. The molecule has 2 nitrogen and oxygen atoms in total. The maximum Gasteiger partial charge on any atom is 0.123 e. The standard InChI is InChI=1S/C16H24FNO/c1-11-4-3-5-15(10-11)19-12(2)16(18)13-6-8-14(17)9-7-13/h6-9,11-12,15-16H,3-5,10,18H2,1-2H3. The van der Waals surface area contributed by atoms with Crippen molar-refractivity contribution in [2.45, 2.75) is 57.8 Å². The van der Waals surface area contributed by atoms with Gasteiger partial charge in [-0.3, -0.25) is 0 Å². The molecule has 1 saturated carbocycles. The van der Waals surface area contributed by atoms with Crippen LogP contribution in [-0.4, -0.2) is 12.2 Å². The number of ether oxygens (including phenoxy) is 1. The molecule has 1 aliphatic carbocycles. The smallest absolute Gasteiger partial charge is 0.123 e. The number of nitrogens with two attached hydrogens (primary N) is 1. The lowest BCUT2D eigenvalue weighted by molar-refractivity contribution is -0.0410. The highest BCUT2D eigenvalue weighted by Gasteiger charge is 2.24. The molecular weight excluding hydrogens is 241 g/mol. The average Bonchev–Trinajstić information content (AvgIpc) is 2.39. The first-order valence-electron chi connectivity index (χ1n) is 7.22. The molecule has 0 aromatic heterocycles. The zero-order chi connectivity index (χ0) is 13.8. The van der Waals surface area contributed by atoms with Gasteiger partial charge in [-0.05, 0) is 43.4 Å². The van der Waals surface area contributed by atoms with E-state index in [1.807, 2.05) is 6.92 Å². The van der Waals surface area contributed by atoms with Crippen molar-refractivity contribution in [3.05, 3.63) is 35.6 Å². The van der Waals surface area contributed by atoms with Crippen LogP contribution >= 0.6 is 0 Å². The van der Waals surface area contributed by atoms with Crippen LogP contribution in [0.25, 0.3) is 0 Å². The largest absolute Gasteiger partial charge is 0.373 e. The third-order valence-electron chi connectivity index (χ3n) is 4.06. The zero-order valence-corrected chi connectivity index (χ0v) is 11.8. The fraction of sp³-hybridized carbons (Fsp3) is 0.625. The quantitative estimate of drug-likeness (QED) is 0.898. The molecule has 0 aliphatic heterocycles. The molecule has 0 amide bonds. The number of hydrogen-bond donors (Lipinski definition) is 1. The van der Waals surface area contributed by atoms with Gasteiger partial charge in [0.25, 0.3) is 0 Å². The van der Waals surface area contributed by atoms with Crippen LogP contribution in [0.5, 0.6) is 0 Å². The summed E-state index contributed by atoms with van der Waals surface area (Å²) in [6.45, 7) is 4.29. The zero-order valence-electron chi connectivity index (χ0n) is 11.8. The third-order valence-corrected chi connectivity index (χ3v) is 4.06. The van der Waals surface area contributed by atoms with Crippen LogP contribution < -0.4 is 5.73 Å². The molecule has 1 aromatic carbocycles. The van der Waals surface area contributed by atoms with Gasteiger partial charge in [-0.25, -0.2) is 4.39 Å². The maximum absolute atomic E-state index is 12.9. The van der Waals surface area contributed by atoms with Crippen molar-refractivity contribution >= 4 is 0 Å². The van der Waals surface area contributed by atoms with Crippen molar-refractivity contribution in [2.24, 2.45) is 11.7 Å².